The maximum absolute atomic E-state index is 3.78. The summed E-state index contributed by atoms with van der Waals surface area (Å²) in [5.41, 5.74) is 2.26. The summed E-state index contributed by atoms with van der Waals surface area (Å²) < 4.78 is 0. The van der Waals surface area contributed by atoms with Gasteiger partial charge in [-0.3, -0.25) is 0 Å². The minimum atomic E-state index is 0.792. The highest BCUT2D eigenvalue weighted by atomic mass is 15.1. The predicted molar refractivity (Wildman–Crippen MR) is 86.2 cm³/mol. The molecule has 0 heterocycles. The highest BCUT2D eigenvalue weighted by Gasteiger charge is 2.06. The fraction of sp³-hybridized carbons (Fsp3) is 0.111. The zero-order chi connectivity index (χ0) is 13.9. The molecule has 0 saturated carbocycles. The summed E-state index contributed by atoms with van der Waals surface area (Å²) in [6.07, 6.45) is 13.8. The molecule has 98 valence electrons. The van der Waals surface area contributed by atoms with Crippen LogP contribution in [0.3, 0.4) is 0 Å². The molecule has 0 aliphatic heterocycles. The topological polar surface area (TPSA) is 3.24 Å². The number of benzene rings is 1. The lowest BCUT2D eigenvalue weighted by Gasteiger charge is -2.24. The van der Waals surface area contributed by atoms with Gasteiger partial charge >= 0.3 is 0 Å². The average molecular weight is 251 g/mol. The van der Waals surface area contributed by atoms with Gasteiger partial charge in [-0.15, -0.1) is 0 Å². The molecule has 0 aliphatic rings. The number of anilines is 1. The van der Waals surface area contributed by atoms with Gasteiger partial charge in [0, 0.05) is 17.9 Å². The zero-order valence-electron chi connectivity index (χ0n) is 11.5. The molecule has 1 aromatic rings. The van der Waals surface area contributed by atoms with E-state index < -0.39 is 0 Å². The number of nitrogens with zero attached hydrogens (tertiary/aromatic N) is 1. The SMILES string of the molecule is C=C/C=C\CN(C(/C=C\C)=C/C=C)c1ccccc1. The van der Waals surface area contributed by atoms with Crippen molar-refractivity contribution >= 4 is 5.69 Å². The lowest BCUT2D eigenvalue weighted by atomic mass is 10.2. The minimum absolute atomic E-state index is 0.792. The Hall–Kier alpha value is -2.28. The van der Waals surface area contributed by atoms with Crippen LogP contribution in [0.5, 0.6) is 0 Å². The van der Waals surface area contributed by atoms with Crippen LogP contribution in [0.4, 0.5) is 5.69 Å². The van der Waals surface area contributed by atoms with Crippen molar-refractivity contribution in [2.75, 3.05) is 11.4 Å². The zero-order valence-corrected chi connectivity index (χ0v) is 11.5. The van der Waals surface area contributed by atoms with Crippen LogP contribution in [0.2, 0.25) is 0 Å². The van der Waals surface area contributed by atoms with Gasteiger partial charge in [0.1, 0.15) is 0 Å². The third-order valence-corrected chi connectivity index (χ3v) is 2.57. The second-order valence-corrected chi connectivity index (χ2v) is 3.94. The summed E-state index contributed by atoms with van der Waals surface area (Å²) in [5.74, 6) is 0. The van der Waals surface area contributed by atoms with Crippen LogP contribution >= 0.6 is 0 Å². The Kier molecular flexibility index (Phi) is 6.81. The summed E-state index contributed by atoms with van der Waals surface area (Å²) in [6.45, 7) is 10.3. The largest absolute Gasteiger partial charge is 0.338 e. The average Bonchev–Trinajstić information content (AvgIpc) is 2.45. The van der Waals surface area contributed by atoms with E-state index in [9.17, 15) is 0 Å². The first-order valence-corrected chi connectivity index (χ1v) is 6.39. The first-order valence-electron chi connectivity index (χ1n) is 6.39. The lowest BCUT2D eigenvalue weighted by Crippen LogP contribution is -2.21. The smallest absolute Gasteiger partial charge is 0.0415 e. The van der Waals surface area contributed by atoms with Crippen LogP contribution in [0.25, 0.3) is 0 Å². The summed E-state index contributed by atoms with van der Waals surface area (Å²) in [7, 11) is 0. The fourth-order valence-electron chi connectivity index (χ4n) is 1.76. The molecule has 0 N–H and O–H groups in total. The van der Waals surface area contributed by atoms with E-state index >= 15 is 0 Å². The van der Waals surface area contributed by atoms with Crippen LogP contribution < -0.4 is 4.90 Å². The summed E-state index contributed by atoms with van der Waals surface area (Å²) in [5, 5.41) is 0. The lowest BCUT2D eigenvalue weighted by molar-refractivity contribution is 1.04. The van der Waals surface area contributed by atoms with Gasteiger partial charge < -0.3 is 4.90 Å². The third kappa shape index (κ3) is 4.84. The monoisotopic (exact) mass is 251 g/mol. The molecule has 0 saturated heterocycles. The molecular formula is C18H21N. The highest BCUT2D eigenvalue weighted by Crippen LogP contribution is 2.19. The Morgan fingerprint density at radius 1 is 1.16 bits per heavy atom. The van der Waals surface area contributed by atoms with Gasteiger partial charge in [-0.05, 0) is 31.2 Å². The second-order valence-electron chi connectivity index (χ2n) is 3.94. The maximum Gasteiger partial charge on any atom is 0.0415 e. The van der Waals surface area contributed by atoms with Crippen molar-refractivity contribution in [1.29, 1.82) is 0 Å². The molecule has 0 amide bonds. The maximum atomic E-state index is 3.78. The van der Waals surface area contributed by atoms with Crippen molar-refractivity contribution in [3.05, 3.63) is 91.7 Å². The molecule has 0 bridgehead atoms. The van der Waals surface area contributed by atoms with E-state index in [0.717, 1.165) is 17.9 Å². The van der Waals surface area contributed by atoms with Gasteiger partial charge in [-0.1, -0.05) is 61.7 Å². The van der Waals surface area contributed by atoms with Crippen molar-refractivity contribution in [3.8, 4) is 0 Å². The Balaban J connectivity index is 3.10. The molecule has 0 radical (unpaired) electrons. The van der Waals surface area contributed by atoms with Crippen molar-refractivity contribution in [3.63, 3.8) is 0 Å². The molecule has 0 spiro atoms. The van der Waals surface area contributed by atoms with Crippen molar-refractivity contribution < 1.29 is 0 Å². The standard InChI is InChI=1S/C18H21N/c1-4-7-11-16-19(17(12-5-2)13-6-3)18-14-9-8-10-15-18/h4-15H,1-2,16H2,3H3/b11-7-,13-6-,17-12+. The van der Waals surface area contributed by atoms with E-state index in [1.54, 1.807) is 6.08 Å². The van der Waals surface area contributed by atoms with E-state index in [1.165, 1.54) is 0 Å². The molecule has 0 atom stereocenters. The van der Waals surface area contributed by atoms with Gasteiger partial charge in [0.25, 0.3) is 0 Å². The van der Waals surface area contributed by atoms with E-state index in [0.29, 0.717) is 0 Å². The van der Waals surface area contributed by atoms with E-state index in [-0.39, 0.29) is 0 Å². The van der Waals surface area contributed by atoms with Crippen LogP contribution in [0, 0.1) is 0 Å². The van der Waals surface area contributed by atoms with Crippen molar-refractivity contribution in [1.82, 2.24) is 0 Å². The molecule has 19 heavy (non-hydrogen) atoms. The molecule has 0 aromatic heterocycles. The van der Waals surface area contributed by atoms with Crippen LogP contribution in [-0.4, -0.2) is 6.54 Å². The fourth-order valence-corrected chi connectivity index (χ4v) is 1.76. The summed E-state index contributed by atoms with van der Waals surface area (Å²) >= 11 is 0. The number of allylic oxidation sites excluding steroid dienone is 6. The first-order chi connectivity index (χ1) is 9.33. The number of rotatable bonds is 7. The van der Waals surface area contributed by atoms with Crippen LogP contribution in [0.1, 0.15) is 6.92 Å². The summed E-state index contributed by atoms with van der Waals surface area (Å²) in [4.78, 5) is 2.22. The Labute approximate surface area is 116 Å². The number of para-hydroxylation sites is 1. The quantitative estimate of drug-likeness (QED) is 0.624. The van der Waals surface area contributed by atoms with Gasteiger partial charge in [-0.2, -0.15) is 0 Å². The Morgan fingerprint density at radius 2 is 1.89 bits per heavy atom. The molecule has 0 aliphatic carbocycles. The predicted octanol–water partition coefficient (Wildman–Crippen LogP) is 4.88. The van der Waals surface area contributed by atoms with Crippen molar-refractivity contribution in [2.24, 2.45) is 0 Å². The summed E-state index contributed by atoms with van der Waals surface area (Å²) in [6, 6.07) is 10.3. The van der Waals surface area contributed by atoms with E-state index in [2.05, 4.69) is 42.3 Å². The van der Waals surface area contributed by atoms with Gasteiger partial charge in [-0.25, -0.2) is 0 Å². The second kappa shape index (κ2) is 8.76. The highest BCUT2D eigenvalue weighted by molar-refractivity contribution is 5.55. The molecule has 1 aromatic carbocycles. The normalized spacial score (nSPS) is 11.9. The molecule has 0 fully saturated rings. The van der Waals surface area contributed by atoms with Gasteiger partial charge in [0.05, 0.1) is 0 Å². The minimum Gasteiger partial charge on any atom is -0.338 e. The Morgan fingerprint density at radius 3 is 2.47 bits per heavy atom. The van der Waals surface area contributed by atoms with Crippen molar-refractivity contribution in [2.45, 2.75) is 6.92 Å². The first kappa shape index (κ1) is 14.8. The number of hydrogen-bond donors (Lipinski definition) is 0. The molecule has 0 unspecified atom stereocenters. The number of hydrogen-bond acceptors (Lipinski definition) is 1. The van der Waals surface area contributed by atoms with Crippen LogP contribution in [-0.2, 0) is 0 Å². The van der Waals surface area contributed by atoms with Crippen LogP contribution in [0.15, 0.2) is 91.7 Å². The van der Waals surface area contributed by atoms with E-state index in [1.807, 2.05) is 49.4 Å². The Bertz CT molecular complexity index is 478. The van der Waals surface area contributed by atoms with Gasteiger partial charge in [0.15, 0.2) is 0 Å². The molecule has 1 rings (SSSR count). The van der Waals surface area contributed by atoms with E-state index in [4.69, 9.17) is 0 Å². The molecular weight excluding hydrogens is 230 g/mol. The van der Waals surface area contributed by atoms with Gasteiger partial charge in [0.2, 0.25) is 0 Å². The molecule has 1 heteroatoms. The third-order valence-electron chi connectivity index (χ3n) is 2.57. The molecule has 1 nitrogen and oxygen atoms in total.